The third kappa shape index (κ3) is 3.40. The van der Waals surface area contributed by atoms with Crippen LogP contribution in [0.4, 0.5) is 0 Å². The Hall–Kier alpha value is -3.46. The van der Waals surface area contributed by atoms with Crippen molar-refractivity contribution >= 4 is 18.1 Å². The van der Waals surface area contributed by atoms with Crippen LogP contribution in [0.5, 0.6) is 0 Å². The number of hydrogen-bond acceptors (Lipinski definition) is 5. The first-order valence-corrected chi connectivity index (χ1v) is 9.75. The molecule has 0 aliphatic heterocycles. The standard InChI is InChI=1S/C20H18N6O2S/c27-19(21-12-18-22-23-20(29)25(18)13-8-9-13)16-11-15(17-7-4-10-28-17)24-26(16)14-5-2-1-3-6-14/h1-7,10-11,13H,8-9,12H2,(H,21,27)(H,23,29). The van der Waals surface area contributed by atoms with Gasteiger partial charge in [0.1, 0.15) is 11.4 Å². The lowest BCUT2D eigenvalue weighted by atomic mass is 10.2. The molecule has 9 heteroatoms. The van der Waals surface area contributed by atoms with Gasteiger partial charge < -0.3 is 9.73 Å². The zero-order valence-electron chi connectivity index (χ0n) is 15.4. The SMILES string of the molecule is O=C(NCc1n[nH]c(=S)n1C1CC1)c1cc(-c2ccco2)nn1-c1ccccc1. The van der Waals surface area contributed by atoms with E-state index in [4.69, 9.17) is 16.6 Å². The van der Waals surface area contributed by atoms with Gasteiger partial charge in [-0.1, -0.05) is 18.2 Å². The van der Waals surface area contributed by atoms with E-state index < -0.39 is 0 Å². The minimum absolute atomic E-state index is 0.254. The van der Waals surface area contributed by atoms with Gasteiger partial charge in [-0.3, -0.25) is 14.5 Å². The summed E-state index contributed by atoms with van der Waals surface area (Å²) >= 11 is 5.30. The van der Waals surface area contributed by atoms with Crippen molar-refractivity contribution in [2.45, 2.75) is 25.4 Å². The molecule has 5 rings (SSSR count). The molecule has 1 saturated carbocycles. The second kappa shape index (κ2) is 7.17. The number of H-pyrrole nitrogens is 1. The average molecular weight is 406 g/mol. The number of carbonyl (C=O) groups is 1. The maximum atomic E-state index is 13.0. The monoisotopic (exact) mass is 406 g/mol. The fraction of sp³-hybridized carbons (Fsp3) is 0.200. The Morgan fingerprint density at radius 1 is 1.24 bits per heavy atom. The van der Waals surface area contributed by atoms with Crippen molar-refractivity contribution < 1.29 is 9.21 Å². The van der Waals surface area contributed by atoms with E-state index in [9.17, 15) is 4.79 Å². The zero-order valence-corrected chi connectivity index (χ0v) is 16.2. The summed E-state index contributed by atoms with van der Waals surface area (Å²) in [7, 11) is 0. The Balaban J connectivity index is 1.45. The summed E-state index contributed by atoms with van der Waals surface area (Å²) in [5.74, 6) is 1.07. The van der Waals surface area contributed by atoms with E-state index in [-0.39, 0.29) is 12.5 Å². The molecule has 0 saturated heterocycles. The van der Waals surface area contributed by atoms with Crippen LogP contribution in [0.1, 0.15) is 35.2 Å². The quantitative estimate of drug-likeness (QED) is 0.477. The zero-order chi connectivity index (χ0) is 19.8. The average Bonchev–Trinajstić information content (AvgIpc) is 3.13. The molecular formula is C20H18N6O2S. The van der Waals surface area contributed by atoms with Gasteiger partial charge in [-0.2, -0.15) is 10.2 Å². The smallest absolute Gasteiger partial charge is 0.270 e. The van der Waals surface area contributed by atoms with Crippen LogP contribution in [-0.4, -0.2) is 30.5 Å². The predicted molar refractivity (Wildman–Crippen MR) is 108 cm³/mol. The summed E-state index contributed by atoms with van der Waals surface area (Å²) in [6.07, 6.45) is 3.75. The number of aromatic amines is 1. The molecule has 1 amide bonds. The van der Waals surface area contributed by atoms with E-state index in [0.29, 0.717) is 28.0 Å². The number of benzene rings is 1. The summed E-state index contributed by atoms with van der Waals surface area (Å²) < 4.78 is 9.64. The van der Waals surface area contributed by atoms with E-state index in [1.54, 1.807) is 23.1 Å². The number of carbonyl (C=O) groups excluding carboxylic acids is 1. The predicted octanol–water partition coefficient (Wildman–Crippen LogP) is 3.65. The Morgan fingerprint density at radius 3 is 2.79 bits per heavy atom. The topological polar surface area (TPSA) is 93.7 Å². The van der Waals surface area contributed by atoms with Crippen LogP contribution in [0, 0.1) is 4.77 Å². The lowest BCUT2D eigenvalue weighted by molar-refractivity contribution is 0.0941. The van der Waals surface area contributed by atoms with Gasteiger partial charge in [0, 0.05) is 12.1 Å². The van der Waals surface area contributed by atoms with Crippen molar-refractivity contribution in [3.05, 3.63) is 71.1 Å². The normalized spacial score (nSPS) is 13.5. The van der Waals surface area contributed by atoms with Crippen molar-refractivity contribution in [1.29, 1.82) is 0 Å². The summed E-state index contributed by atoms with van der Waals surface area (Å²) in [6.45, 7) is 0.276. The molecule has 146 valence electrons. The van der Waals surface area contributed by atoms with E-state index >= 15 is 0 Å². The fourth-order valence-electron chi connectivity index (χ4n) is 3.27. The molecule has 1 fully saturated rings. The maximum Gasteiger partial charge on any atom is 0.270 e. The number of para-hydroxylation sites is 1. The van der Waals surface area contributed by atoms with Crippen molar-refractivity contribution in [2.24, 2.45) is 0 Å². The minimum Gasteiger partial charge on any atom is -0.463 e. The first-order valence-electron chi connectivity index (χ1n) is 9.34. The van der Waals surface area contributed by atoms with Gasteiger partial charge in [0.15, 0.2) is 16.4 Å². The lowest BCUT2D eigenvalue weighted by Gasteiger charge is -2.09. The van der Waals surface area contributed by atoms with Gasteiger partial charge >= 0.3 is 0 Å². The van der Waals surface area contributed by atoms with Gasteiger partial charge in [0.2, 0.25) is 0 Å². The largest absolute Gasteiger partial charge is 0.463 e. The first-order chi connectivity index (χ1) is 14.2. The Labute approximate surface area is 171 Å². The van der Waals surface area contributed by atoms with E-state index in [1.807, 2.05) is 41.0 Å². The van der Waals surface area contributed by atoms with Gasteiger partial charge in [0.05, 0.1) is 18.5 Å². The van der Waals surface area contributed by atoms with Crippen LogP contribution in [0.25, 0.3) is 17.1 Å². The molecule has 29 heavy (non-hydrogen) atoms. The van der Waals surface area contributed by atoms with Gasteiger partial charge in [-0.25, -0.2) is 4.68 Å². The van der Waals surface area contributed by atoms with Gasteiger partial charge in [-0.05, 0) is 49.3 Å². The molecule has 0 spiro atoms. The van der Waals surface area contributed by atoms with Crippen LogP contribution in [0.15, 0.2) is 59.2 Å². The van der Waals surface area contributed by atoms with Gasteiger partial charge in [-0.15, -0.1) is 0 Å². The van der Waals surface area contributed by atoms with Crippen LogP contribution >= 0.6 is 12.2 Å². The molecule has 0 unspecified atom stereocenters. The highest BCUT2D eigenvalue weighted by atomic mass is 32.1. The number of hydrogen-bond donors (Lipinski definition) is 2. The van der Waals surface area contributed by atoms with E-state index in [1.165, 1.54) is 0 Å². The second-order valence-electron chi connectivity index (χ2n) is 6.87. The molecule has 1 aliphatic carbocycles. The highest BCUT2D eigenvalue weighted by Gasteiger charge is 2.27. The van der Waals surface area contributed by atoms with E-state index in [0.717, 1.165) is 24.4 Å². The van der Waals surface area contributed by atoms with Crippen LogP contribution in [-0.2, 0) is 6.54 Å². The summed E-state index contributed by atoms with van der Waals surface area (Å²) in [5, 5.41) is 14.6. The summed E-state index contributed by atoms with van der Waals surface area (Å²) in [4.78, 5) is 13.0. The number of nitrogens with zero attached hydrogens (tertiary/aromatic N) is 4. The van der Waals surface area contributed by atoms with E-state index in [2.05, 4.69) is 20.6 Å². The molecule has 0 bridgehead atoms. The Bertz CT molecular complexity index is 1200. The van der Waals surface area contributed by atoms with Crippen molar-refractivity contribution in [3.8, 4) is 17.1 Å². The summed E-state index contributed by atoms with van der Waals surface area (Å²) in [5.41, 5.74) is 1.79. The molecule has 3 aromatic heterocycles. The number of aromatic nitrogens is 5. The van der Waals surface area contributed by atoms with Crippen molar-refractivity contribution in [3.63, 3.8) is 0 Å². The molecule has 0 atom stereocenters. The number of nitrogens with one attached hydrogen (secondary N) is 2. The molecule has 8 nitrogen and oxygen atoms in total. The fourth-order valence-corrected chi connectivity index (χ4v) is 3.57. The van der Waals surface area contributed by atoms with Gasteiger partial charge in [0.25, 0.3) is 5.91 Å². The third-order valence-electron chi connectivity index (χ3n) is 4.81. The summed E-state index contributed by atoms with van der Waals surface area (Å²) in [6, 6.07) is 15.2. The maximum absolute atomic E-state index is 13.0. The Morgan fingerprint density at radius 2 is 2.07 bits per heavy atom. The van der Waals surface area contributed by atoms with Crippen LogP contribution in [0.2, 0.25) is 0 Å². The molecule has 0 radical (unpaired) electrons. The Kier molecular flexibility index (Phi) is 4.36. The molecule has 4 aromatic rings. The number of furan rings is 1. The van der Waals surface area contributed by atoms with Crippen molar-refractivity contribution in [2.75, 3.05) is 0 Å². The van der Waals surface area contributed by atoms with Crippen LogP contribution < -0.4 is 5.32 Å². The molecular weight excluding hydrogens is 388 g/mol. The molecule has 1 aliphatic rings. The van der Waals surface area contributed by atoms with Crippen molar-refractivity contribution in [1.82, 2.24) is 29.9 Å². The third-order valence-corrected chi connectivity index (χ3v) is 5.10. The lowest BCUT2D eigenvalue weighted by Crippen LogP contribution is -2.27. The number of rotatable bonds is 6. The second-order valence-corrected chi connectivity index (χ2v) is 7.26. The highest BCUT2D eigenvalue weighted by Crippen LogP contribution is 2.35. The van der Waals surface area contributed by atoms with Crippen LogP contribution in [0.3, 0.4) is 0 Å². The molecule has 2 N–H and O–H groups in total. The minimum atomic E-state index is -0.254. The molecule has 1 aromatic carbocycles. The molecule has 3 heterocycles. The first kappa shape index (κ1) is 17.6. The highest BCUT2D eigenvalue weighted by molar-refractivity contribution is 7.71. The number of amides is 1.